The summed E-state index contributed by atoms with van der Waals surface area (Å²) < 4.78 is 4.73. The minimum Gasteiger partial charge on any atom is -0.466 e. The monoisotopic (exact) mass is 204 g/mol. The molecule has 1 rings (SSSR count). The predicted molar refractivity (Wildman–Crippen MR) is 61.3 cm³/mol. The zero-order chi connectivity index (χ0) is 11.1. The summed E-state index contributed by atoms with van der Waals surface area (Å²) >= 11 is 0. The van der Waals surface area contributed by atoms with E-state index >= 15 is 0 Å². The van der Waals surface area contributed by atoms with Crippen molar-refractivity contribution in [1.82, 2.24) is 0 Å². The Morgan fingerprint density at radius 3 is 2.53 bits per heavy atom. The normalized spacial score (nSPS) is 11.2. The molecule has 0 aromatic heterocycles. The summed E-state index contributed by atoms with van der Waals surface area (Å²) in [6.45, 7) is 2.04. The number of benzene rings is 1. The van der Waals surface area contributed by atoms with Crippen molar-refractivity contribution in [3.63, 3.8) is 0 Å². The van der Waals surface area contributed by atoms with Gasteiger partial charge >= 0.3 is 5.97 Å². The average Bonchev–Trinajstić information content (AvgIpc) is 2.29. The molecule has 0 saturated heterocycles. The summed E-state index contributed by atoms with van der Waals surface area (Å²) in [5.41, 5.74) is 1.76. The Labute approximate surface area is 90.6 Å². The SMILES string of the molecule is CCC/C(=C/c1ccccc1)C(=O)OC. The van der Waals surface area contributed by atoms with Crippen LogP contribution >= 0.6 is 0 Å². The number of hydrogen-bond donors (Lipinski definition) is 0. The van der Waals surface area contributed by atoms with E-state index in [2.05, 4.69) is 0 Å². The summed E-state index contributed by atoms with van der Waals surface area (Å²) in [5.74, 6) is -0.235. The molecule has 2 nitrogen and oxygen atoms in total. The molecular formula is C13H16O2. The molecule has 0 aliphatic heterocycles. The van der Waals surface area contributed by atoms with Crippen LogP contribution in [0.4, 0.5) is 0 Å². The highest BCUT2D eigenvalue weighted by Crippen LogP contribution is 2.12. The molecule has 0 radical (unpaired) electrons. The Morgan fingerprint density at radius 1 is 1.33 bits per heavy atom. The van der Waals surface area contributed by atoms with Gasteiger partial charge in [-0.1, -0.05) is 43.7 Å². The highest BCUT2D eigenvalue weighted by Gasteiger charge is 2.07. The van der Waals surface area contributed by atoms with Gasteiger partial charge in [-0.05, 0) is 18.1 Å². The van der Waals surface area contributed by atoms with Crippen molar-refractivity contribution in [2.75, 3.05) is 7.11 Å². The van der Waals surface area contributed by atoms with Gasteiger partial charge in [-0.2, -0.15) is 0 Å². The van der Waals surface area contributed by atoms with Crippen molar-refractivity contribution in [3.05, 3.63) is 41.5 Å². The maximum atomic E-state index is 11.4. The molecule has 0 aliphatic carbocycles. The number of methoxy groups -OCH3 is 1. The number of hydrogen-bond acceptors (Lipinski definition) is 2. The van der Waals surface area contributed by atoms with Crippen LogP contribution < -0.4 is 0 Å². The van der Waals surface area contributed by atoms with E-state index in [0.29, 0.717) is 0 Å². The first-order valence-corrected chi connectivity index (χ1v) is 5.12. The molecule has 2 heteroatoms. The Morgan fingerprint density at radius 2 is 2.00 bits per heavy atom. The third kappa shape index (κ3) is 3.58. The fraction of sp³-hybridized carbons (Fsp3) is 0.308. The van der Waals surface area contributed by atoms with Crippen LogP contribution in [0.25, 0.3) is 6.08 Å². The molecule has 15 heavy (non-hydrogen) atoms. The van der Waals surface area contributed by atoms with Crippen molar-refractivity contribution in [3.8, 4) is 0 Å². The molecule has 0 N–H and O–H groups in total. The van der Waals surface area contributed by atoms with Gasteiger partial charge in [-0.3, -0.25) is 0 Å². The molecule has 0 fully saturated rings. The largest absolute Gasteiger partial charge is 0.466 e. The second-order valence-electron chi connectivity index (χ2n) is 3.32. The smallest absolute Gasteiger partial charge is 0.333 e. The fourth-order valence-electron chi connectivity index (χ4n) is 1.38. The first kappa shape index (κ1) is 11.5. The van der Waals surface area contributed by atoms with Crippen LogP contribution in [0.3, 0.4) is 0 Å². The highest BCUT2D eigenvalue weighted by atomic mass is 16.5. The van der Waals surface area contributed by atoms with Crippen LogP contribution in [0, 0.1) is 0 Å². The van der Waals surface area contributed by atoms with Crippen LogP contribution in [0.5, 0.6) is 0 Å². The Bertz CT molecular complexity index is 339. The lowest BCUT2D eigenvalue weighted by Gasteiger charge is -2.03. The van der Waals surface area contributed by atoms with Crippen LogP contribution in [0.15, 0.2) is 35.9 Å². The van der Waals surface area contributed by atoms with Crippen molar-refractivity contribution in [1.29, 1.82) is 0 Å². The Hall–Kier alpha value is -1.57. The second kappa shape index (κ2) is 6.02. The van der Waals surface area contributed by atoms with Crippen LogP contribution in [0.2, 0.25) is 0 Å². The quantitative estimate of drug-likeness (QED) is 0.556. The minimum absolute atomic E-state index is 0.235. The first-order chi connectivity index (χ1) is 7.27. The van der Waals surface area contributed by atoms with Gasteiger partial charge in [-0.15, -0.1) is 0 Å². The first-order valence-electron chi connectivity index (χ1n) is 5.12. The van der Waals surface area contributed by atoms with E-state index in [1.165, 1.54) is 7.11 Å². The summed E-state index contributed by atoms with van der Waals surface area (Å²) in [4.78, 5) is 11.4. The third-order valence-electron chi connectivity index (χ3n) is 2.11. The van der Waals surface area contributed by atoms with Gasteiger partial charge in [0.1, 0.15) is 0 Å². The third-order valence-corrected chi connectivity index (χ3v) is 2.11. The average molecular weight is 204 g/mol. The van der Waals surface area contributed by atoms with E-state index < -0.39 is 0 Å². The molecule has 0 spiro atoms. The highest BCUT2D eigenvalue weighted by molar-refractivity contribution is 5.93. The number of ether oxygens (including phenoxy) is 1. The van der Waals surface area contributed by atoms with E-state index in [1.54, 1.807) is 0 Å². The molecule has 0 atom stereocenters. The minimum atomic E-state index is -0.235. The zero-order valence-corrected chi connectivity index (χ0v) is 9.19. The Balaban J connectivity index is 2.88. The molecule has 0 saturated carbocycles. The van der Waals surface area contributed by atoms with Gasteiger partial charge in [0.05, 0.1) is 7.11 Å². The fourth-order valence-corrected chi connectivity index (χ4v) is 1.38. The lowest BCUT2D eigenvalue weighted by molar-refractivity contribution is -0.136. The van der Waals surface area contributed by atoms with Crippen LogP contribution in [-0.4, -0.2) is 13.1 Å². The van der Waals surface area contributed by atoms with Crippen molar-refractivity contribution in [2.45, 2.75) is 19.8 Å². The van der Waals surface area contributed by atoms with E-state index in [9.17, 15) is 4.79 Å². The number of carbonyl (C=O) groups excluding carboxylic acids is 1. The van der Waals surface area contributed by atoms with Crippen molar-refractivity contribution in [2.24, 2.45) is 0 Å². The number of esters is 1. The molecule has 0 bridgehead atoms. The second-order valence-corrected chi connectivity index (χ2v) is 3.32. The number of carbonyl (C=O) groups is 1. The molecule has 1 aromatic carbocycles. The summed E-state index contributed by atoms with van der Waals surface area (Å²) in [5, 5.41) is 0. The predicted octanol–water partition coefficient (Wildman–Crippen LogP) is 3.04. The van der Waals surface area contributed by atoms with Gasteiger partial charge in [0, 0.05) is 5.57 Å². The molecule has 0 amide bonds. The lowest BCUT2D eigenvalue weighted by Crippen LogP contribution is -2.04. The van der Waals surface area contributed by atoms with Crippen molar-refractivity contribution >= 4 is 12.0 Å². The van der Waals surface area contributed by atoms with Crippen LogP contribution in [-0.2, 0) is 9.53 Å². The molecular weight excluding hydrogens is 188 g/mol. The molecule has 1 aromatic rings. The summed E-state index contributed by atoms with van der Waals surface area (Å²) in [7, 11) is 1.41. The van der Waals surface area contributed by atoms with Gasteiger partial charge in [0.2, 0.25) is 0 Å². The van der Waals surface area contributed by atoms with Crippen molar-refractivity contribution < 1.29 is 9.53 Å². The Kier molecular flexibility index (Phi) is 4.61. The molecule has 0 unspecified atom stereocenters. The summed E-state index contributed by atoms with van der Waals surface area (Å²) in [6.07, 6.45) is 3.57. The van der Waals surface area contributed by atoms with E-state index in [4.69, 9.17) is 4.74 Å². The van der Waals surface area contributed by atoms with Gasteiger partial charge in [0.25, 0.3) is 0 Å². The molecule has 80 valence electrons. The maximum Gasteiger partial charge on any atom is 0.333 e. The van der Waals surface area contributed by atoms with Crippen LogP contribution in [0.1, 0.15) is 25.3 Å². The van der Waals surface area contributed by atoms with E-state index in [0.717, 1.165) is 24.0 Å². The standard InChI is InChI=1S/C13H16O2/c1-3-7-12(13(14)15-2)10-11-8-5-4-6-9-11/h4-6,8-10H,3,7H2,1-2H3/b12-10-. The van der Waals surface area contributed by atoms with Gasteiger partial charge in [0.15, 0.2) is 0 Å². The topological polar surface area (TPSA) is 26.3 Å². The zero-order valence-electron chi connectivity index (χ0n) is 9.19. The molecule has 0 heterocycles. The number of rotatable bonds is 4. The van der Waals surface area contributed by atoms with E-state index in [1.807, 2.05) is 43.3 Å². The molecule has 0 aliphatic rings. The summed E-state index contributed by atoms with van der Waals surface area (Å²) in [6, 6.07) is 9.80. The van der Waals surface area contributed by atoms with Gasteiger partial charge in [-0.25, -0.2) is 4.79 Å². The van der Waals surface area contributed by atoms with Gasteiger partial charge < -0.3 is 4.74 Å². The lowest BCUT2D eigenvalue weighted by atomic mass is 10.1. The maximum absolute atomic E-state index is 11.4. The van der Waals surface area contributed by atoms with E-state index in [-0.39, 0.29) is 5.97 Å².